The molecule has 0 saturated heterocycles. The van der Waals surface area contributed by atoms with Crippen molar-refractivity contribution in [3.8, 4) is 0 Å². The SMILES string of the molecule is CC(C)(C)OC(=O)Nc1ccc(CCC=O)c(F)c1. The molecule has 1 rings (SSSR count). The lowest BCUT2D eigenvalue weighted by Gasteiger charge is -2.19. The second-order valence-electron chi connectivity index (χ2n) is 5.14. The van der Waals surface area contributed by atoms with Crippen molar-refractivity contribution in [2.45, 2.75) is 39.2 Å². The first kappa shape index (κ1) is 15.1. The molecule has 0 aromatic heterocycles. The first-order chi connectivity index (χ1) is 8.81. The second-order valence-corrected chi connectivity index (χ2v) is 5.14. The number of hydrogen-bond donors (Lipinski definition) is 1. The summed E-state index contributed by atoms with van der Waals surface area (Å²) >= 11 is 0. The highest BCUT2D eigenvalue weighted by molar-refractivity contribution is 5.84. The molecule has 0 saturated carbocycles. The molecule has 0 heterocycles. The van der Waals surface area contributed by atoms with E-state index in [0.29, 0.717) is 17.7 Å². The van der Waals surface area contributed by atoms with Gasteiger partial charge < -0.3 is 9.53 Å². The summed E-state index contributed by atoms with van der Waals surface area (Å²) in [5.41, 5.74) is 0.162. The number of rotatable bonds is 4. The average Bonchev–Trinajstić information content (AvgIpc) is 2.25. The zero-order valence-electron chi connectivity index (χ0n) is 11.3. The van der Waals surface area contributed by atoms with Gasteiger partial charge in [-0.3, -0.25) is 5.32 Å². The van der Waals surface area contributed by atoms with E-state index in [1.165, 1.54) is 6.07 Å². The fraction of sp³-hybridized carbons (Fsp3) is 0.429. The van der Waals surface area contributed by atoms with Gasteiger partial charge in [0.2, 0.25) is 0 Å². The van der Waals surface area contributed by atoms with Gasteiger partial charge in [0, 0.05) is 12.1 Å². The van der Waals surface area contributed by atoms with Crippen LogP contribution in [-0.4, -0.2) is 18.0 Å². The topological polar surface area (TPSA) is 55.4 Å². The number of anilines is 1. The van der Waals surface area contributed by atoms with Crippen molar-refractivity contribution in [2.24, 2.45) is 0 Å². The number of carbonyl (C=O) groups excluding carboxylic acids is 2. The van der Waals surface area contributed by atoms with Crippen LogP contribution in [0.2, 0.25) is 0 Å². The van der Waals surface area contributed by atoms with E-state index in [1.54, 1.807) is 32.9 Å². The molecule has 1 aromatic carbocycles. The fourth-order valence-electron chi connectivity index (χ4n) is 1.46. The van der Waals surface area contributed by atoms with Gasteiger partial charge in [0.15, 0.2) is 0 Å². The Morgan fingerprint density at radius 1 is 1.42 bits per heavy atom. The zero-order chi connectivity index (χ0) is 14.5. The van der Waals surface area contributed by atoms with Crippen molar-refractivity contribution in [1.29, 1.82) is 0 Å². The predicted molar refractivity (Wildman–Crippen MR) is 70.6 cm³/mol. The number of halogens is 1. The van der Waals surface area contributed by atoms with E-state index in [9.17, 15) is 14.0 Å². The Hall–Kier alpha value is -1.91. The third kappa shape index (κ3) is 5.50. The van der Waals surface area contributed by atoms with Crippen molar-refractivity contribution in [3.05, 3.63) is 29.6 Å². The van der Waals surface area contributed by atoms with Gasteiger partial charge in [0.25, 0.3) is 0 Å². The number of carbonyl (C=O) groups is 2. The normalized spacial score (nSPS) is 10.9. The van der Waals surface area contributed by atoms with E-state index >= 15 is 0 Å². The first-order valence-corrected chi connectivity index (χ1v) is 6.04. The number of amides is 1. The standard InChI is InChI=1S/C14H18FNO3/c1-14(2,3)19-13(18)16-11-7-6-10(5-4-8-17)12(15)9-11/h6-9H,4-5H2,1-3H3,(H,16,18). The minimum atomic E-state index is -0.632. The molecule has 0 radical (unpaired) electrons. The van der Waals surface area contributed by atoms with Crippen molar-refractivity contribution >= 4 is 18.1 Å². The lowest BCUT2D eigenvalue weighted by molar-refractivity contribution is -0.107. The largest absolute Gasteiger partial charge is 0.444 e. The van der Waals surface area contributed by atoms with E-state index in [4.69, 9.17) is 4.74 Å². The van der Waals surface area contributed by atoms with E-state index in [1.807, 2.05) is 0 Å². The average molecular weight is 267 g/mol. The summed E-state index contributed by atoms with van der Waals surface area (Å²) < 4.78 is 18.7. The maximum atomic E-state index is 13.7. The summed E-state index contributed by atoms with van der Waals surface area (Å²) in [6, 6.07) is 4.34. The highest BCUT2D eigenvalue weighted by Crippen LogP contribution is 2.17. The molecule has 0 atom stereocenters. The Morgan fingerprint density at radius 3 is 2.63 bits per heavy atom. The number of aldehydes is 1. The molecule has 1 amide bonds. The lowest BCUT2D eigenvalue weighted by atomic mass is 10.1. The summed E-state index contributed by atoms with van der Waals surface area (Å²) in [7, 11) is 0. The molecule has 0 fully saturated rings. The molecule has 0 aliphatic carbocycles. The van der Waals surface area contributed by atoms with E-state index in [0.717, 1.165) is 6.29 Å². The fourth-order valence-corrected chi connectivity index (χ4v) is 1.46. The van der Waals surface area contributed by atoms with E-state index < -0.39 is 17.5 Å². The maximum Gasteiger partial charge on any atom is 0.412 e. The van der Waals surface area contributed by atoms with Crippen LogP contribution in [0.3, 0.4) is 0 Å². The van der Waals surface area contributed by atoms with Crippen molar-refractivity contribution in [3.63, 3.8) is 0 Å². The molecule has 0 unspecified atom stereocenters. The Labute approximate surface area is 112 Å². The second kappa shape index (κ2) is 6.31. The Morgan fingerprint density at radius 2 is 2.11 bits per heavy atom. The van der Waals surface area contributed by atoms with Gasteiger partial charge in [-0.25, -0.2) is 9.18 Å². The maximum absolute atomic E-state index is 13.7. The van der Waals surface area contributed by atoms with Gasteiger partial charge in [0.1, 0.15) is 17.7 Å². The number of nitrogens with one attached hydrogen (secondary N) is 1. The molecule has 1 aromatic rings. The number of benzene rings is 1. The van der Waals surface area contributed by atoms with Gasteiger partial charge in [-0.2, -0.15) is 0 Å². The quantitative estimate of drug-likeness (QED) is 0.851. The lowest BCUT2D eigenvalue weighted by Crippen LogP contribution is -2.27. The van der Waals surface area contributed by atoms with Gasteiger partial charge in [-0.15, -0.1) is 0 Å². The molecule has 19 heavy (non-hydrogen) atoms. The molecule has 0 spiro atoms. The Kier molecular flexibility index (Phi) is 5.03. The van der Waals surface area contributed by atoms with Gasteiger partial charge in [-0.05, 0) is 44.9 Å². The third-order valence-electron chi connectivity index (χ3n) is 2.23. The van der Waals surface area contributed by atoms with Gasteiger partial charge >= 0.3 is 6.09 Å². The molecule has 0 bridgehead atoms. The van der Waals surface area contributed by atoms with Gasteiger partial charge in [0.05, 0.1) is 0 Å². The predicted octanol–water partition coefficient (Wildman–Crippen LogP) is 3.30. The van der Waals surface area contributed by atoms with E-state index in [2.05, 4.69) is 5.32 Å². The first-order valence-electron chi connectivity index (χ1n) is 6.04. The third-order valence-corrected chi connectivity index (χ3v) is 2.23. The van der Waals surface area contributed by atoms with Gasteiger partial charge in [-0.1, -0.05) is 6.07 Å². The summed E-state index contributed by atoms with van der Waals surface area (Å²) in [6.45, 7) is 5.24. The van der Waals surface area contributed by atoms with Crippen LogP contribution in [0.1, 0.15) is 32.8 Å². The highest BCUT2D eigenvalue weighted by atomic mass is 19.1. The zero-order valence-corrected chi connectivity index (χ0v) is 11.3. The smallest absolute Gasteiger partial charge is 0.412 e. The van der Waals surface area contributed by atoms with Crippen LogP contribution >= 0.6 is 0 Å². The van der Waals surface area contributed by atoms with Crippen LogP contribution in [0, 0.1) is 5.82 Å². The van der Waals surface area contributed by atoms with Crippen molar-refractivity contribution < 1.29 is 18.7 Å². The minimum Gasteiger partial charge on any atom is -0.444 e. The number of ether oxygens (including phenoxy) is 1. The molecule has 4 nitrogen and oxygen atoms in total. The molecule has 104 valence electrons. The van der Waals surface area contributed by atoms with Crippen LogP contribution in [0.15, 0.2) is 18.2 Å². The van der Waals surface area contributed by atoms with Crippen LogP contribution < -0.4 is 5.32 Å². The summed E-state index contributed by atoms with van der Waals surface area (Å²) in [5.74, 6) is -0.449. The molecule has 1 N–H and O–H groups in total. The molecular formula is C14H18FNO3. The van der Waals surface area contributed by atoms with Crippen LogP contribution in [0.25, 0.3) is 0 Å². The van der Waals surface area contributed by atoms with E-state index in [-0.39, 0.29) is 6.42 Å². The summed E-state index contributed by atoms with van der Waals surface area (Å²) in [6.07, 6.45) is 0.733. The monoisotopic (exact) mass is 267 g/mol. The van der Waals surface area contributed by atoms with Crippen LogP contribution in [0.4, 0.5) is 14.9 Å². The summed E-state index contributed by atoms with van der Waals surface area (Å²) in [5, 5.41) is 2.45. The number of hydrogen-bond acceptors (Lipinski definition) is 3. The summed E-state index contributed by atoms with van der Waals surface area (Å²) in [4.78, 5) is 21.7. The number of aryl methyl sites for hydroxylation is 1. The minimum absolute atomic E-state index is 0.274. The van der Waals surface area contributed by atoms with Crippen LogP contribution in [0.5, 0.6) is 0 Å². The molecular weight excluding hydrogens is 249 g/mol. The van der Waals surface area contributed by atoms with Crippen molar-refractivity contribution in [1.82, 2.24) is 0 Å². The molecule has 0 aliphatic heterocycles. The highest BCUT2D eigenvalue weighted by Gasteiger charge is 2.16. The Balaban J connectivity index is 2.68. The van der Waals surface area contributed by atoms with Crippen LogP contribution in [-0.2, 0) is 16.0 Å². The Bertz CT molecular complexity index is 466. The van der Waals surface area contributed by atoms with Crippen molar-refractivity contribution in [2.75, 3.05) is 5.32 Å². The molecule has 0 aliphatic rings. The molecule has 5 heteroatoms.